The van der Waals surface area contributed by atoms with E-state index in [1.54, 1.807) is 0 Å². The monoisotopic (exact) mass is 328 g/mol. The molecule has 19 heavy (non-hydrogen) atoms. The Balaban J connectivity index is 2.28. The number of rotatable bonds is 3. The van der Waals surface area contributed by atoms with Crippen LogP contribution in [-0.4, -0.2) is 5.78 Å². The highest BCUT2D eigenvalue weighted by Gasteiger charge is 2.18. The van der Waals surface area contributed by atoms with Crippen molar-refractivity contribution in [1.82, 2.24) is 0 Å². The van der Waals surface area contributed by atoms with E-state index in [-0.39, 0.29) is 10.9 Å². The molecule has 0 saturated carbocycles. The van der Waals surface area contributed by atoms with Crippen molar-refractivity contribution in [3.63, 3.8) is 0 Å². The maximum atomic E-state index is 13.6. The van der Waals surface area contributed by atoms with Gasteiger partial charge in [-0.1, -0.05) is 28.1 Å². The largest absolute Gasteiger partial charge is 0.294 e. The van der Waals surface area contributed by atoms with Crippen LogP contribution in [0.1, 0.15) is 15.9 Å². The van der Waals surface area contributed by atoms with Gasteiger partial charge in [0, 0.05) is 10.9 Å². The van der Waals surface area contributed by atoms with Crippen molar-refractivity contribution in [2.45, 2.75) is 6.42 Å². The highest BCUT2D eigenvalue weighted by atomic mass is 79.9. The molecule has 5 heteroatoms. The SMILES string of the molecule is O=C(Cc1ccc(F)cc1)c1c(F)cc(Br)cc1F. The Labute approximate surface area is 116 Å². The second-order valence-electron chi connectivity index (χ2n) is 3.97. The van der Waals surface area contributed by atoms with Crippen LogP contribution in [0, 0.1) is 17.5 Å². The van der Waals surface area contributed by atoms with Gasteiger partial charge in [0.1, 0.15) is 17.5 Å². The second-order valence-corrected chi connectivity index (χ2v) is 4.89. The Bertz CT molecular complexity index is 600. The van der Waals surface area contributed by atoms with Gasteiger partial charge in [-0.3, -0.25) is 4.79 Å². The molecule has 1 nitrogen and oxygen atoms in total. The molecule has 0 N–H and O–H groups in total. The van der Waals surface area contributed by atoms with Crippen LogP contribution < -0.4 is 0 Å². The molecule has 0 unspecified atom stereocenters. The fourth-order valence-electron chi connectivity index (χ4n) is 1.68. The molecule has 0 amide bonds. The van der Waals surface area contributed by atoms with Gasteiger partial charge in [-0.15, -0.1) is 0 Å². The van der Waals surface area contributed by atoms with Crippen molar-refractivity contribution in [2.75, 3.05) is 0 Å². The van der Waals surface area contributed by atoms with Crippen molar-refractivity contribution >= 4 is 21.7 Å². The first kappa shape index (κ1) is 13.8. The Kier molecular flexibility index (Phi) is 4.04. The summed E-state index contributed by atoms with van der Waals surface area (Å²) in [7, 11) is 0. The first-order valence-corrected chi connectivity index (χ1v) is 6.19. The van der Waals surface area contributed by atoms with E-state index in [0.29, 0.717) is 5.56 Å². The zero-order chi connectivity index (χ0) is 14.0. The van der Waals surface area contributed by atoms with Crippen molar-refractivity contribution in [1.29, 1.82) is 0 Å². The minimum Gasteiger partial charge on any atom is -0.294 e. The number of carbonyl (C=O) groups excluding carboxylic acids is 1. The zero-order valence-electron chi connectivity index (χ0n) is 9.59. The molecule has 0 aliphatic heterocycles. The molecular weight excluding hydrogens is 321 g/mol. The molecule has 0 atom stereocenters. The van der Waals surface area contributed by atoms with E-state index < -0.39 is 28.8 Å². The molecule has 0 radical (unpaired) electrons. The van der Waals surface area contributed by atoms with E-state index in [4.69, 9.17) is 0 Å². The third-order valence-electron chi connectivity index (χ3n) is 2.56. The minimum absolute atomic E-state index is 0.185. The van der Waals surface area contributed by atoms with Gasteiger partial charge in [0.15, 0.2) is 5.78 Å². The molecule has 0 heterocycles. The lowest BCUT2D eigenvalue weighted by atomic mass is 10.0. The maximum Gasteiger partial charge on any atom is 0.173 e. The normalized spacial score (nSPS) is 10.5. The van der Waals surface area contributed by atoms with Crippen molar-refractivity contribution in [3.05, 3.63) is 69.4 Å². The Morgan fingerprint density at radius 2 is 1.53 bits per heavy atom. The fourth-order valence-corrected chi connectivity index (χ4v) is 2.09. The number of benzene rings is 2. The van der Waals surface area contributed by atoms with Crippen LogP contribution in [0.3, 0.4) is 0 Å². The quantitative estimate of drug-likeness (QED) is 0.768. The van der Waals surface area contributed by atoms with Crippen LogP contribution in [-0.2, 0) is 6.42 Å². The molecule has 2 aromatic carbocycles. The van der Waals surface area contributed by atoms with Gasteiger partial charge in [-0.25, -0.2) is 13.2 Å². The lowest BCUT2D eigenvalue weighted by molar-refractivity contribution is 0.0985. The van der Waals surface area contributed by atoms with Gasteiger partial charge in [0.2, 0.25) is 0 Å². The average Bonchev–Trinajstić information content (AvgIpc) is 2.30. The standard InChI is InChI=1S/C14H8BrF3O/c15-9-6-11(17)14(12(18)7-9)13(19)5-8-1-3-10(16)4-2-8/h1-4,6-7H,5H2. The van der Waals surface area contributed by atoms with Gasteiger partial charge in [-0.2, -0.15) is 0 Å². The zero-order valence-corrected chi connectivity index (χ0v) is 11.2. The van der Waals surface area contributed by atoms with E-state index in [0.717, 1.165) is 12.1 Å². The summed E-state index contributed by atoms with van der Waals surface area (Å²) < 4.78 is 40.1. The molecule has 0 bridgehead atoms. The van der Waals surface area contributed by atoms with Crippen LogP contribution in [0.4, 0.5) is 13.2 Å². The molecular formula is C14H8BrF3O. The van der Waals surface area contributed by atoms with E-state index in [9.17, 15) is 18.0 Å². The van der Waals surface area contributed by atoms with Crippen LogP contribution in [0.25, 0.3) is 0 Å². The molecule has 98 valence electrons. The molecule has 0 aromatic heterocycles. The predicted molar refractivity (Wildman–Crippen MR) is 68.5 cm³/mol. The third kappa shape index (κ3) is 3.23. The summed E-state index contributed by atoms with van der Waals surface area (Å²) in [6.07, 6.45) is -0.185. The summed E-state index contributed by atoms with van der Waals surface area (Å²) in [6, 6.07) is 7.25. The van der Waals surface area contributed by atoms with E-state index in [1.807, 2.05) is 0 Å². The molecule has 0 aliphatic rings. The van der Waals surface area contributed by atoms with Gasteiger partial charge in [-0.05, 0) is 29.8 Å². The number of ketones is 1. The molecule has 2 rings (SSSR count). The minimum atomic E-state index is -0.918. The van der Waals surface area contributed by atoms with Crippen molar-refractivity contribution in [3.8, 4) is 0 Å². The van der Waals surface area contributed by atoms with E-state index >= 15 is 0 Å². The molecule has 0 fully saturated rings. The summed E-state index contributed by atoms with van der Waals surface area (Å²) in [4.78, 5) is 11.9. The molecule has 0 spiro atoms. The lowest BCUT2D eigenvalue weighted by Gasteiger charge is -2.05. The average molecular weight is 329 g/mol. The summed E-state index contributed by atoms with van der Waals surface area (Å²) in [6.45, 7) is 0. The van der Waals surface area contributed by atoms with Crippen LogP contribution in [0.15, 0.2) is 40.9 Å². The first-order valence-electron chi connectivity index (χ1n) is 5.39. The van der Waals surface area contributed by atoms with Gasteiger partial charge >= 0.3 is 0 Å². The number of Topliss-reactive ketones (excluding diaryl/α,β-unsaturated/α-hetero) is 1. The predicted octanol–water partition coefficient (Wildman–Crippen LogP) is 4.29. The van der Waals surface area contributed by atoms with Crippen LogP contribution in [0.2, 0.25) is 0 Å². The van der Waals surface area contributed by atoms with Gasteiger partial charge in [0.25, 0.3) is 0 Å². The summed E-state index contributed by atoms with van der Waals surface area (Å²) in [5.74, 6) is -2.95. The smallest absolute Gasteiger partial charge is 0.173 e. The Hall–Kier alpha value is -1.62. The maximum absolute atomic E-state index is 13.6. The summed E-state index contributed by atoms with van der Waals surface area (Å²) in [5, 5.41) is 0. The Morgan fingerprint density at radius 3 is 2.05 bits per heavy atom. The van der Waals surface area contributed by atoms with Gasteiger partial charge < -0.3 is 0 Å². The highest BCUT2D eigenvalue weighted by molar-refractivity contribution is 9.10. The van der Waals surface area contributed by atoms with Crippen LogP contribution >= 0.6 is 15.9 Å². The third-order valence-corrected chi connectivity index (χ3v) is 3.02. The number of hydrogen-bond acceptors (Lipinski definition) is 1. The second kappa shape index (κ2) is 5.57. The lowest BCUT2D eigenvalue weighted by Crippen LogP contribution is -2.09. The topological polar surface area (TPSA) is 17.1 Å². The van der Waals surface area contributed by atoms with Crippen molar-refractivity contribution in [2.24, 2.45) is 0 Å². The fraction of sp³-hybridized carbons (Fsp3) is 0.0714. The number of halogens is 4. The Morgan fingerprint density at radius 1 is 1.00 bits per heavy atom. The van der Waals surface area contributed by atoms with Crippen LogP contribution in [0.5, 0.6) is 0 Å². The first-order chi connectivity index (χ1) is 8.97. The number of carbonyl (C=O) groups is 1. The van der Waals surface area contributed by atoms with E-state index in [1.165, 1.54) is 24.3 Å². The molecule has 0 saturated heterocycles. The van der Waals surface area contributed by atoms with Gasteiger partial charge in [0.05, 0.1) is 5.56 Å². The summed E-state index contributed by atoms with van der Waals surface area (Å²) in [5.41, 5.74) is -0.0827. The molecule has 0 aliphatic carbocycles. The van der Waals surface area contributed by atoms with Crippen molar-refractivity contribution < 1.29 is 18.0 Å². The van der Waals surface area contributed by atoms with E-state index in [2.05, 4.69) is 15.9 Å². The number of hydrogen-bond donors (Lipinski definition) is 0. The summed E-state index contributed by atoms with van der Waals surface area (Å²) >= 11 is 2.94. The molecule has 2 aromatic rings. The highest BCUT2D eigenvalue weighted by Crippen LogP contribution is 2.21.